The Bertz CT molecular complexity index is 596. The predicted octanol–water partition coefficient (Wildman–Crippen LogP) is 1.60. The van der Waals surface area contributed by atoms with Crippen LogP contribution in [0, 0.1) is 6.92 Å². The van der Waals surface area contributed by atoms with Crippen molar-refractivity contribution in [1.82, 2.24) is 4.98 Å². The standard InChI is InChI=1S/C15H17N3O2/c1-10-3-2-8-17-14(10)18-15(20)13(16)9-11-4-6-12(19)7-5-11/h2-8,13,19H,9,16H2,1H3,(H,17,18,20). The lowest BCUT2D eigenvalue weighted by molar-refractivity contribution is -0.117. The number of hydrogen-bond acceptors (Lipinski definition) is 4. The highest BCUT2D eigenvalue weighted by molar-refractivity contribution is 5.94. The summed E-state index contributed by atoms with van der Waals surface area (Å²) in [6.45, 7) is 1.87. The molecule has 104 valence electrons. The molecule has 0 saturated carbocycles. The van der Waals surface area contributed by atoms with E-state index in [0.29, 0.717) is 12.2 Å². The number of phenols is 1. The molecule has 0 aliphatic carbocycles. The number of pyridine rings is 1. The Morgan fingerprint density at radius 3 is 2.70 bits per heavy atom. The van der Waals surface area contributed by atoms with Crippen molar-refractivity contribution >= 4 is 11.7 Å². The quantitative estimate of drug-likeness (QED) is 0.788. The minimum absolute atomic E-state index is 0.191. The van der Waals surface area contributed by atoms with Crippen LogP contribution in [0.4, 0.5) is 5.82 Å². The Kier molecular flexibility index (Phi) is 4.32. The second kappa shape index (κ2) is 6.16. The number of aromatic nitrogens is 1. The molecule has 0 fully saturated rings. The first kappa shape index (κ1) is 14.0. The number of nitrogens with two attached hydrogens (primary N) is 1. The van der Waals surface area contributed by atoms with Crippen molar-refractivity contribution in [3.63, 3.8) is 0 Å². The number of carbonyl (C=O) groups excluding carboxylic acids is 1. The lowest BCUT2D eigenvalue weighted by Gasteiger charge is -2.13. The van der Waals surface area contributed by atoms with Crippen LogP contribution >= 0.6 is 0 Å². The molecule has 0 saturated heterocycles. The molecule has 0 bridgehead atoms. The molecule has 1 heterocycles. The molecule has 2 rings (SSSR count). The molecule has 0 aliphatic rings. The number of phenolic OH excluding ortho intramolecular Hbond substituents is 1. The van der Waals surface area contributed by atoms with Crippen molar-refractivity contribution in [3.05, 3.63) is 53.7 Å². The summed E-state index contributed by atoms with van der Waals surface area (Å²) in [5.74, 6) is 0.439. The third-order valence-electron chi connectivity index (χ3n) is 2.98. The Labute approximate surface area is 117 Å². The smallest absolute Gasteiger partial charge is 0.242 e. The van der Waals surface area contributed by atoms with Gasteiger partial charge in [0.25, 0.3) is 0 Å². The topological polar surface area (TPSA) is 88.2 Å². The van der Waals surface area contributed by atoms with E-state index in [1.54, 1.807) is 36.5 Å². The number of anilines is 1. The van der Waals surface area contributed by atoms with E-state index in [2.05, 4.69) is 10.3 Å². The summed E-state index contributed by atoms with van der Waals surface area (Å²) in [6, 6.07) is 9.64. The Balaban J connectivity index is 1.99. The van der Waals surface area contributed by atoms with Gasteiger partial charge in [0.15, 0.2) is 0 Å². The first-order chi connectivity index (χ1) is 9.56. The maximum absolute atomic E-state index is 12.0. The van der Waals surface area contributed by atoms with Gasteiger partial charge in [0.1, 0.15) is 11.6 Å². The number of carbonyl (C=O) groups is 1. The molecular weight excluding hydrogens is 254 g/mol. The summed E-state index contributed by atoms with van der Waals surface area (Å²) in [6.07, 6.45) is 2.02. The third-order valence-corrected chi connectivity index (χ3v) is 2.98. The second-order valence-corrected chi connectivity index (χ2v) is 4.64. The van der Waals surface area contributed by atoms with Gasteiger partial charge in [0, 0.05) is 6.20 Å². The van der Waals surface area contributed by atoms with Gasteiger partial charge in [-0.15, -0.1) is 0 Å². The highest BCUT2D eigenvalue weighted by Crippen LogP contribution is 2.12. The highest BCUT2D eigenvalue weighted by atomic mass is 16.3. The minimum Gasteiger partial charge on any atom is -0.508 e. The average Bonchev–Trinajstić information content (AvgIpc) is 2.44. The van der Waals surface area contributed by atoms with Crippen molar-refractivity contribution < 1.29 is 9.90 Å². The monoisotopic (exact) mass is 271 g/mol. The predicted molar refractivity (Wildman–Crippen MR) is 77.4 cm³/mol. The van der Waals surface area contributed by atoms with E-state index in [0.717, 1.165) is 11.1 Å². The van der Waals surface area contributed by atoms with Crippen LogP contribution in [0.3, 0.4) is 0 Å². The van der Waals surface area contributed by atoms with E-state index in [1.807, 2.05) is 13.0 Å². The van der Waals surface area contributed by atoms with Crippen LogP contribution in [-0.4, -0.2) is 22.0 Å². The van der Waals surface area contributed by atoms with Gasteiger partial charge in [0.2, 0.25) is 5.91 Å². The van der Waals surface area contributed by atoms with E-state index in [4.69, 9.17) is 5.73 Å². The van der Waals surface area contributed by atoms with Crippen LogP contribution in [0.5, 0.6) is 5.75 Å². The van der Waals surface area contributed by atoms with Gasteiger partial charge in [-0.2, -0.15) is 0 Å². The van der Waals surface area contributed by atoms with Crippen LogP contribution in [-0.2, 0) is 11.2 Å². The molecule has 0 radical (unpaired) electrons. The fraction of sp³-hybridized carbons (Fsp3) is 0.200. The van der Waals surface area contributed by atoms with Gasteiger partial charge in [-0.25, -0.2) is 4.98 Å². The van der Waals surface area contributed by atoms with Gasteiger partial charge in [0.05, 0.1) is 6.04 Å². The van der Waals surface area contributed by atoms with Crippen LogP contribution in [0.25, 0.3) is 0 Å². The molecule has 4 N–H and O–H groups in total. The first-order valence-corrected chi connectivity index (χ1v) is 6.32. The number of nitrogens with zero attached hydrogens (tertiary/aromatic N) is 1. The Morgan fingerprint density at radius 2 is 2.05 bits per heavy atom. The van der Waals surface area contributed by atoms with Crippen LogP contribution in [0.15, 0.2) is 42.6 Å². The maximum Gasteiger partial charge on any atom is 0.242 e. The molecule has 1 amide bonds. The van der Waals surface area contributed by atoms with Crippen LogP contribution in [0.2, 0.25) is 0 Å². The largest absolute Gasteiger partial charge is 0.508 e. The minimum atomic E-state index is -0.666. The number of aryl methyl sites for hydroxylation is 1. The molecular formula is C15H17N3O2. The summed E-state index contributed by atoms with van der Waals surface area (Å²) < 4.78 is 0. The molecule has 0 aliphatic heterocycles. The van der Waals surface area contributed by atoms with E-state index in [9.17, 15) is 9.90 Å². The number of rotatable bonds is 4. The van der Waals surface area contributed by atoms with E-state index < -0.39 is 6.04 Å². The summed E-state index contributed by atoms with van der Waals surface area (Å²) in [7, 11) is 0. The fourth-order valence-electron chi connectivity index (χ4n) is 1.80. The SMILES string of the molecule is Cc1cccnc1NC(=O)C(N)Cc1ccc(O)cc1. The van der Waals surface area contributed by atoms with Crippen LogP contribution < -0.4 is 11.1 Å². The van der Waals surface area contributed by atoms with E-state index >= 15 is 0 Å². The molecule has 1 aromatic carbocycles. The van der Waals surface area contributed by atoms with Gasteiger partial charge in [-0.1, -0.05) is 18.2 Å². The van der Waals surface area contributed by atoms with E-state index in [1.165, 1.54) is 0 Å². The zero-order chi connectivity index (χ0) is 14.5. The maximum atomic E-state index is 12.0. The number of hydrogen-bond donors (Lipinski definition) is 3. The van der Waals surface area contributed by atoms with Crippen LogP contribution in [0.1, 0.15) is 11.1 Å². The molecule has 0 spiro atoms. The van der Waals surface area contributed by atoms with Crippen molar-refractivity contribution in [3.8, 4) is 5.75 Å². The summed E-state index contributed by atoms with van der Waals surface area (Å²) in [5, 5.41) is 11.9. The zero-order valence-electron chi connectivity index (χ0n) is 11.2. The second-order valence-electron chi connectivity index (χ2n) is 4.64. The number of benzene rings is 1. The number of amides is 1. The lowest BCUT2D eigenvalue weighted by Crippen LogP contribution is -2.37. The molecule has 5 nitrogen and oxygen atoms in total. The van der Waals surface area contributed by atoms with Gasteiger partial charge in [-0.05, 0) is 42.7 Å². The first-order valence-electron chi connectivity index (χ1n) is 6.32. The highest BCUT2D eigenvalue weighted by Gasteiger charge is 2.15. The molecule has 1 aromatic heterocycles. The number of aromatic hydroxyl groups is 1. The Morgan fingerprint density at radius 1 is 1.35 bits per heavy atom. The molecule has 20 heavy (non-hydrogen) atoms. The average molecular weight is 271 g/mol. The van der Waals surface area contributed by atoms with Crippen molar-refractivity contribution in [2.45, 2.75) is 19.4 Å². The molecule has 1 unspecified atom stereocenters. The van der Waals surface area contributed by atoms with Crippen molar-refractivity contribution in [1.29, 1.82) is 0 Å². The Hall–Kier alpha value is -2.40. The van der Waals surface area contributed by atoms with Gasteiger partial charge < -0.3 is 16.2 Å². The summed E-state index contributed by atoms with van der Waals surface area (Å²) in [5.41, 5.74) is 7.66. The molecule has 1 atom stereocenters. The summed E-state index contributed by atoms with van der Waals surface area (Å²) in [4.78, 5) is 16.1. The van der Waals surface area contributed by atoms with Crippen molar-refractivity contribution in [2.24, 2.45) is 5.73 Å². The lowest BCUT2D eigenvalue weighted by atomic mass is 10.1. The third kappa shape index (κ3) is 3.55. The fourth-order valence-corrected chi connectivity index (χ4v) is 1.80. The molecule has 5 heteroatoms. The number of nitrogens with one attached hydrogen (secondary N) is 1. The van der Waals surface area contributed by atoms with Gasteiger partial charge in [-0.3, -0.25) is 4.79 Å². The summed E-state index contributed by atoms with van der Waals surface area (Å²) >= 11 is 0. The zero-order valence-corrected chi connectivity index (χ0v) is 11.2. The van der Waals surface area contributed by atoms with E-state index in [-0.39, 0.29) is 11.7 Å². The van der Waals surface area contributed by atoms with Gasteiger partial charge >= 0.3 is 0 Å². The molecule has 2 aromatic rings. The normalized spacial score (nSPS) is 11.9. The van der Waals surface area contributed by atoms with Crippen molar-refractivity contribution in [2.75, 3.05) is 5.32 Å².